The summed E-state index contributed by atoms with van der Waals surface area (Å²) in [6.07, 6.45) is 3.64. The first kappa shape index (κ1) is 13.5. The zero-order valence-corrected chi connectivity index (χ0v) is 11.0. The molecule has 0 atom stereocenters. The van der Waals surface area contributed by atoms with Gasteiger partial charge in [0, 0.05) is 19.1 Å². The third kappa shape index (κ3) is 3.11. The summed E-state index contributed by atoms with van der Waals surface area (Å²) in [4.78, 5) is 6.60. The van der Waals surface area contributed by atoms with Gasteiger partial charge in [0.1, 0.15) is 5.82 Å². The molecule has 4 N–H and O–H groups in total. The monoisotopic (exact) mass is 270 g/mol. The van der Waals surface area contributed by atoms with E-state index in [0.717, 1.165) is 5.69 Å². The summed E-state index contributed by atoms with van der Waals surface area (Å²) in [5.74, 6) is 5.95. The van der Waals surface area contributed by atoms with Gasteiger partial charge in [-0.15, -0.1) is 0 Å². The Labute approximate surface area is 112 Å². The lowest BCUT2D eigenvalue weighted by molar-refractivity contribution is 0.0934. The number of anilines is 1. The SMILES string of the molecule is NNc1ccc(Cl)c(CN(CCO)C2CCC2)n1. The molecule has 0 aliphatic heterocycles. The number of hydrogen-bond acceptors (Lipinski definition) is 5. The van der Waals surface area contributed by atoms with E-state index in [0.29, 0.717) is 30.0 Å². The maximum absolute atomic E-state index is 9.13. The Morgan fingerprint density at radius 1 is 1.50 bits per heavy atom. The van der Waals surface area contributed by atoms with E-state index in [1.54, 1.807) is 12.1 Å². The maximum Gasteiger partial charge on any atom is 0.140 e. The Balaban J connectivity index is 2.09. The van der Waals surface area contributed by atoms with Crippen LogP contribution in [-0.2, 0) is 6.54 Å². The van der Waals surface area contributed by atoms with Gasteiger partial charge in [-0.05, 0) is 25.0 Å². The molecule has 0 saturated heterocycles. The molecular formula is C12H19ClN4O. The van der Waals surface area contributed by atoms with Crippen molar-refractivity contribution >= 4 is 17.4 Å². The Kier molecular flexibility index (Phi) is 4.77. The van der Waals surface area contributed by atoms with Crippen molar-refractivity contribution in [2.75, 3.05) is 18.6 Å². The van der Waals surface area contributed by atoms with Crippen molar-refractivity contribution in [3.05, 3.63) is 22.8 Å². The summed E-state index contributed by atoms with van der Waals surface area (Å²) >= 11 is 6.14. The van der Waals surface area contributed by atoms with Gasteiger partial charge in [-0.3, -0.25) is 4.90 Å². The standard InChI is InChI=1S/C12H19ClN4O/c13-10-4-5-12(16-14)15-11(10)8-17(6-7-18)9-2-1-3-9/h4-5,9,18H,1-3,6-8,14H2,(H,15,16). The van der Waals surface area contributed by atoms with Crippen molar-refractivity contribution in [2.24, 2.45) is 5.84 Å². The average Bonchev–Trinajstić information content (AvgIpc) is 2.30. The molecule has 0 amide bonds. The number of aliphatic hydroxyl groups excluding tert-OH is 1. The van der Waals surface area contributed by atoms with E-state index < -0.39 is 0 Å². The molecule has 0 spiro atoms. The van der Waals surface area contributed by atoms with E-state index in [-0.39, 0.29) is 6.61 Å². The number of aromatic nitrogens is 1. The first-order valence-electron chi connectivity index (χ1n) is 6.21. The summed E-state index contributed by atoms with van der Waals surface area (Å²) in [6.45, 7) is 1.46. The third-order valence-electron chi connectivity index (χ3n) is 3.40. The topological polar surface area (TPSA) is 74.4 Å². The van der Waals surface area contributed by atoms with E-state index in [1.807, 2.05) is 0 Å². The lowest BCUT2D eigenvalue weighted by atomic mass is 9.91. The molecule has 6 heteroatoms. The highest BCUT2D eigenvalue weighted by Crippen LogP contribution is 2.27. The van der Waals surface area contributed by atoms with Gasteiger partial charge in [0.05, 0.1) is 17.3 Å². The van der Waals surface area contributed by atoms with Crippen molar-refractivity contribution in [1.82, 2.24) is 9.88 Å². The van der Waals surface area contributed by atoms with E-state index in [9.17, 15) is 0 Å². The van der Waals surface area contributed by atoms with Gasteiger partial charge in [0.25, 0.3) is 0 Å². The van der Waals surface area contributed by atoms with Gasteiger partial charge in [0.15, 0.2) is 0 Å². The number of nitrogen functional groups attached to an aromatic ring is 1. The summed E-state index contributed by atoms with van der Waals surface area (Å²) in [7, 11) is 0. The first-order valence-corrected chi connectivity index (χ1v) is 6.59. The van der Waals surface area contributed by atoms with Gasteiger partial charge >= 0.3 is 0 Å². The highest BCUT2D eigenvalue weighted by Gasteiger charge is 2.25. The largest absolute Gasteiger partial charge is 0.395 e. The van der Waals surface area contributed by atoms with Crippen LogP contribution in [0, 0.1) is 0 Å². The van der Waals surface area contributed by atoms with Gasteiger partial charge < -0.3 is 10.5 Å². The van der Waals surface area contributed by atoms with Crippen molar-refractivity contribution in [3.63, 3.8) is 0 Å². The van der Waals surface area contributed by atoms with E-state index >= 15 is 0 Å². The number of hydrogen-bond donors (Lipinski definition) is 3. The Morgan fingerprint density at radius 2 is 2.28 bits per heavy atom. The molecule has 1 aliphatic carbocycles. The quantitative estimate of drug-likeness (QED) is 0.538. The maximum atomic E-state index is 9.13. The number of rotatable bonds is 6. The molecule has 0 unspecified atom stereocenters. The highest BCUT2D eigenvalue weighted by molar-refractivity contribution is 6.31. The average molecular weight is 271 g/mol. The van der Waals surface area contributed by atoms with Crippen LogP contribution in [0.25, 0.3) is 0 Å². The van der Waals surface area contributed by atoms with Crippen LogP contribution in [0.3, 0.4) is 0 Å². The molecular weight excluding hydrogens is 252 g/mol. The molecule has 1 fully saturated rings. The van der Waals surface area contributed by atoms with Crippen LogP contribution in [-0.4, -0.2) is 34.2 Å². The normalized spacial score (nSPS) is 15.8. The van der Waals surface area contributed by atoms with Crippen molar-refractivity contribution in [1.29, 1.82) is 0 Å². The van der Waals surface area contributed by atoms with Gasteiger partial charge in [-0.2, -0.15) is 0 Å². The smallest absolute Gasteiger partial charge is 0.140 e. The Hall–Kier alpha value is -0.880. The van der Waals surface area contributed by atoms with Crippen molar-refractivity contribution in [3.8, 4) is 0 Å². The molecule has 1 aliphatic rings. The summed E-state index contributed by atoms with van der Waals surface area (Å²) < 4.78 is 0. The minimum Gasteiger partial charge on any atom is -0.395 e. The van der Waals surface area contributed by atoms with E-state index in [4.69, 9.17) is 22.6 Å². The number of pyridine rings is 1. The van der Waals surface area contributed by atoms with Crippen LogP contribution < -0.4 is 11.3 Å². The van der Waals surface area contributed by atoms with Crippen LogP contribution in [0.4, 0.5) is 5.82 Å². The fourth-order valence-corrected chi connectivity index (χ4v) is 2.30. The molecule has 0 radical (unpaired) electrons. The molecule has 1 aromatic heterocycles. The second-order valence-corrected chi connectivity index (χ2v) is 4.96. The number of halogens is 1. The van der Waals surface area contributed by atoms with Crippen LogP contribution >= 0.6 is 11.6 Å². The highest BCUT2D eigenvalue weighted by atomic mass is 35.5. The lowest BCUT2D eigenvalue weighted by Crippen LogP contribution is -2.41. The zero-order chi connectivity index (χ0) is 13.0. The number of nitrogens with two attached hydrogens (primary N) is 1. The molecule has 5 nitrogen and oxygen atoms in total. The first-order chi connectivity index (χ1) is 8.74. The van der Waals surface area contributed by atoms with Gasteiger partial charge in [-0.25, -0.2) is 10.8 Å². The molecule has 18 heavy (non-hydrogen) atoms. The Bertz CT molecular complexity index is 398. The molecule has 1 aromatic rings. The van der Waals surface area contributed by atoms with Crippen molar-refractivity contribution in [2.45, 2.75) is 31.8 Å². The van der Waals surface area contributed by atoms with Crippen LogP contribution in [0.2, 0.25) is 5.02 Å². The van der Waals surface area contributed by atoms with Gasteiger partial charge in [0.2, 0.25) is 0 Å². The van der Waals surface area contributed by atoms with Crippen molar-refractivity contribution < 1.29 is 5.11 Å². The minimum atomic E-state index is 0.156. The molecule has 100 valence electrons. The second kappa shape index (κ2) is 6.33. The predicted octanol–water partition coefficient (Wildman–Crippen LogP) is 1.37. The van der Waals surface area contributed by atoms with E-state index in [1.165, 1.54) is 19.3 Å². The molecule has 0 bridgehead atoms. The number of hydrazine groups is 1. The molecule has 0 aromatic carbocycles. The lowest BCUT2D eigenvalue weighted by Gasteiger charge is -2.37. The summed E-state index contributed by atoms with van der Waals surface area (Å²) in [5, 5.41) is 9.76. The fourth-order valence-electron chi connectivity index (χ4n) is 2.14. The second-order valence-electron chi connectivity index (χ2n) is 4.55. The predicted molar refractivity (Wildman–Crippen MR) is 72.2 cm³/mol. The summed E-state index contributed by atoms with van der Waals surface area (Å²) in [5.41, 5.74) is 3.32. The Morgan fingerprint density at radius 3 is 2.83 bits per heavy atom. The number of aliphatic hydroxyl groups is 1. The third-order valence-corrected chi connectivity index (χ3v) is 3.74. The minimum absolute atomic E-state index is 0.156. The van der Waals surface area contributed by atoms with E-state index in [2.05, 4.69) is 15.3 Å². The molecule has 1 heterocycles. The summed E-state index contributed by atoms with van der Waals surface area (Å²) in [6, 6.07) is 4.08. The van der Waals surface area contributed by atoms with Crippen LogP contribution in [0.5, 0.6) is 0 Å². The number of nitrogens with one attached hydrogen (secondary N) is 1. The fraction of sp³-hybridized carbons (Fsp3) is 0.583. The van der Waals surface area contributed by atoms with Crippen LogP contribution in [0.1, 0.15) is 25.0 Å². The molecule has 1 saturated carbocycles. The van der Waals surface area contributed by atoms with Gasteiger partial charge in [-0.1, -0.05) is 18.0 Å². The van der Waals surface area contributed by atoms with Crippen LogP contribution in [0.15, 0.2) is 12.1 Å². The molecule has 2 rings (SSSR count). The number of nitrogens with zero attached hydrogens (tertiary/aromatic N) is 2. The zero-order valence-electron chi connectivity index (χ0n) is 10.3.